The number of hydroxylamine groups is 1. The molecule has 3 fully saturated rings. The lowest BCUT2D eigenvalue weighted by Gasteiger charge is -2.37. The highest BCUT2D eigenvalue weighted by Gasteiger charge is 2.83. The summed E-state index contributed by atoms with van der Waals surface area (Å²) in [6, 6.07) is 3.79. The van der Waals surface area contributed by atoms with Crippen LogP contribution in [0.25, 0.3) is 0 Å². The molecule has 0 aromatic heterocycles. The molecule has 2 heterocycles. The molecule has 12 heteroatoms. The van der Waals surface area contributed by atoms with Crippen LogP contribution in [0.3, 0.4) is 0 Å². The van der Waals surface area contributed by atoms with Crippen molar-refractivity contribution in [2.45, 2.75) is 41.8 Å². The van der Waals surface area contributed by atoms with Crippen molar-refractivity contribution in [1.82, 2.24) is 8.77 Å². The summed E-state index contributed by atoms with van der Waals surface area (Å²) in [6.45, 7) is 0. The SMILES string of the molecule is COC(=O)[C@]12C3CCCC1N(S(=O)(=O)c1ccc(OC)cc1)OS(=O)(=O)N32. The highest BCUT2D eigenvalue weighted by atomic mass is 32.2. The van der Waals surface area contributed by atoms with Crippen LogP contribution >= 0.6 is 0 Å². The van der Waals surface area contributed by atoms with Crippen LogP contribution in [0.5, 0.6) is 5.75 Å². The minimum Gasteiger partial charge on any atom is -0.497 e. The van der Waals surface area contributed by atoms with Crippen molar-refractivity contribution in [3.63, 3.8) is 0 Å². The second-order valence-electron chi connectivity index (χ2n) is 6.54. The fraction of sp³-hybridized carbons (Fsp3) is 0.533. The van der Waals surface area contributed by atoms with Gasteiger partial charge in [0.1, 0.15) is 5.75 Å². The van der Waals surface area contributed by atoms with Crippen molar-refractivity contribution >= 4 is 26.3 Å². The predicted octanol–water partition coefficient (Wildman–Crippen LogP) is 0.0244. The Hall–Kier alpha value is -1.73. The van der Waals surface area contributed by atoms with E-state index in [1.54, 1.807) is 0 Å². The monoisotopic (exact) mass is 418 g/mol. The van der Waals surface area contributed by atoms with Crippen LogP contribution in [0.4, 0.5) is 0 Å². The van der Waals surface area contributed by atoms with Crippen molar-refractivity contribution in [2.75, 3.05) is 14.2 Å². The number of sulfonamides is 1. The van der Waals surface area contributed by atoms with Gasteiger partial charge >= 0.3 is 16.3 Å². The Kier molecular flexibility index (Phi) is 4.06. The summed E-state index contributed by atoms with van der Waals surface area (Å²) in [7, 11) is -6.22. The van der Waals surface area contributed by atoms with E-state index in [1.807, 2.05) is 0 Å². The van der Waals surface area contributed by atoms with Gasteiger partial charge in [0.2, 0.25) is 0 Å². The zero-order valence-corrected chi connectivity index (χ0v) is 16.2. The first-order valence-corrected chi connectivity index (χ1v) is 11.0. The van der Waals surface area contributed by atoms with E-state index in [4.69, 9.17) is 13.8 Å². The Balaban J connectivity index is 1.81. The van der Waals surface area contributed by atoms with Gasteiger partial charge in [0, 0.05) is 0 Å². The zero-order chi connectivity index (χ0) is 19.6. The summed E-state index contributed by atoms with van der Waals surface area (Å²) in [6.07, 6.45) is 1.26. The van der Waals surface area contributed by atoms with E-state index < -0.39 is 43.9 Å². The number of carbonyl (C=O) groups is 1. The van der Waals surface area contributed by atoms with Crippen molar-refractivity contribution in [2.24, 2.45) is 0 Å². The Morgan fingerprint density at radius 2 is 1.81 bits per heavy atom. The standard InChI is InChI=1S/C15H18N2O8S2/c1-23-10-6-8-11(9-7-10)26(19,20)17-13-5-3-4-12-15(13,14(18)24-2)16(12)27(21,22)25-17/h6-9,12-13H,3-5H2,1-2H3/t12?,13?,15-,16?/m0/s1. The second kappa shape index (κ2) is 5.88. The number of nitrogens with zero attached hydrogens (tertiary/aromatic N) is 2. The number of hydrogen-bond acceptors (Lipinski definition) is 8. The van der Waals surface area contributed by atoms with E-state index in [0.717, 1.165) is 11.4 Å². The summed E-state index contributed by atoms with van der Waals surface area (Å²) in [5.74, 6) is -0.336. The van der Waals surface area contributed by atoms with Crippen molar-refractivity contribution in [1.29, 1.82) is 0 Å². The van der Waals surface area contributed by atoms with Crippen LogP contribution < -0.4 is 4.74 Å². The van der Waals surface area contributed by atoms with Crippen molar-refractivity contribution < 1.29 is 35.4 Å². The maximum Gasteiger partial charge on any atom is 0.357 e. The molecule has 148 valence electrons. The van der Waals surface area contributed by atoms with E-state index in [-0.39, 0.29) is 11.3 Å². The number of methoxy groups -OCH3 is 2. The van der Waals surface area contributed by atoms with E-state index in [1.165, 1.54) is 31.4 Å². The van der Waals surface area contributed by atoms with Crippen LogP contribution in [-0.4, -0.2) is 63.4 Å². The summed E-state index contributed by atoms with van der Waals surface area (Å²) in [4.78, 5) is 12.3. The zero-order valence-electron chi connectivity index (χ0n) is 14.6. The minimum atomic E-state index is -4.45. The molecule has 0 spiro atoms. The number of benzene rings is 1. The van der Waals surface area contributed by atoms with Gasteiger partial charge < -0.3 is 9.47 Å². The highest BCUT2D eigenvalue weighted by molar-refractivity contribution is 7.90. The quantitative estimate of drug-likeness (QED) is 0.496. The van der Waals surface area contributed by atoms with Crippen LogP contribution in [-0.2, 0) is 34.1 Å². The van der Waals surface area contributed by atoms with E-state index in [9.17, 15) is 21.6 Å². The van der Waals surface area contributed by atoms with Gasteiger partial charge in [-0.25, -0.2) is 13.2 Å². The molecule has 1 aromatic carbocycles. The van der Waals surface area contributed by atoms with Gasteiger partial charge in [-0.2, -0.15) is 12.7 Å². The minimum absolute atomic E-state index is 0.172. The van der Waals surface area contributed by atoms with Gasteiger partial charge in [0.25, 0.3) is 10.0 Å². The Bertz CT molecular complexity index is 991. The first-order valence-electron chi connectivity index (χ1n) is 8.22. The fourth-order valence-corrected chi connectivity index (χ4v) is 7.56. The Morgan fingerprint density at radius 3 is 2.41 bits per heavy atom. The second-order valence-corrected chi connectivity index (χ2v) is 9.72. The van der Waals surface area contributed by atoms with Gasteiger partial charge in [-0.15, -0.1) is 4.28 Å². The third kappa shape index (κ3) is 2.37. The molecule has 3 unspecified atom stereocenters. The molecule has 1 aliphatic carbocycles. The van der Waals surface area contributed by atoms with Crippen LogP contribution in [0.15, 0.2) is 29.2 Å². The molecule has 2 aliphatic heterocycles. The van der Waals surface area contributed by atoms with E-state index >= 15 is 0 Å². The van der Waals surface area contributed by atoms with Crippen LogP contribution in [0.1, 0.15) is 19.3 Å². The third-order valence-electron chi connectivity index (χ3n) is 5.32. The lowest BCUT2D eigenvalue weighted by molar-refractivity contribution is -0.152. The van der Waals surface area contributed by atoms with E-state index in [2.05, 4.69) is 0 Å². The van der Waals surface area contributed by atoms with Gasteiger partial charge in [-0.1, -0.05) is 4.47 Å². The summed E-state index contributed by atoms with van der Waals surface area (Å²) >= 11 is 0. The topological polar surface area (TPSA) is 119 Å². The molecule has 10 nitrogen and oxygen atoms in total. The normalized spacial score (nSPS) is 34.4. The van der Waals surface area contributed by atoms with Crippen molar-refractivity contribution in [3.05, 3.63) is 24.3 Å². The molecule has 1 aromatic rings. The Morgan fingerprint density at radius 1 is 1.19 bits per heavy atom. The number of hydrogen-bond donors (Lipinski definition) is 0. The van der Waals surface area contributed by atoms with Gasteiger partial charge in [0.15, 0.2) is 5.54 Å². The van der Waals surface area contributed by atoms with Crippen LogP contribution in [0, 0.1) is 0 Å². The molecule has 4 atom stereocenters. The van der Waals surface area contributed by atoms with Gasteiger partial charge in [-0.05, 0) is 43.5 Å². The molecule has 27 heavy (non-hydrogen) atoms. The largest absolute Gasteiger partial charge is 0.497 e. The molecule has 1 saturated carbocycles. The van der Waals surface area contributed by atoms with Gasteiger partial charge in [0.05, 0.1) is 31.2 Å². The van der Waals surface area contributed by atoms with Gasteiger partial charge in [-0.3, -0.25) is 0 Å². The lowest BCUT2D eigenvalue weighted by atomic mass is 9.84. The maximum atomic E-state index is 13.1. The fourth-order valence-electron chi connectivity index (χ4n) is 4.14. The van der Waals surface area contributed by atoms with Crippen molar-refractivity contribution in [3.8, 4) is 5.75 Å². The first-order chi connectivity index (χ1) is 12.7. The molecule has 0 amide bonds. The number of ether oxygens (including phenoxy) is 2. The molecule has 3 aliphatic rings. The average Bonchev–Trinajstić information content (AvgIpc) is 3.36. The molecule has 0 radical (unpaired) electrons. The maximum absolute atomic E-state index is 13.1. The molecule has 0 bridgehead atoms. The molecular weight excluding hydrogens is 400 g/mol. The number of rotatable bonds is 4. The molecule has 4 rings (SSSR count). The average molecular weight is 418 g/mol. The molecule has 2 saturated heterocycles. The number of fused-ring (bicyclic) bond motifs is 1. The smallest absolute Gasteiger partial charge is 0.357 e. The lowest BCUT2D eigenvalue weighted by Crippen LogP contribution is -2.60. The van der Waals surface area contributed by atoms with Crippen LogP contribution in [0.2, 0.25) is 0 Å². The highest BCUT2D eigenvalue weighted by Crippen LogP contribution is 2.59. The Labute approximate surface area is 156 Å². The number of carbonyl (C=O) groups excluding carboxylic acids is 1. The van der Waals surface area contributed by atoms with E-state index in [0.29, 0.717) is 23.1 Å². The third-order valence-corrected chi connectivity index (χ3v) is 8.47. The summed E-state index contributed by atoms with van der Waals surface area (Å²) in [5.41, 5.74) is -1.57. The summed E-state index contributed by atoms with van der Waals surface area (Å²) < 4.78 is 67.5. The number of esters is 1. The molecule has 0 N–H and O–H groups in total. The molecular formula is C15H18N2O8S2. The summed E-state index contributed by atoms with van der Waals surface area (Å²) in [5, 5.41) is 0. The first kappa shape index (κ1) is 18.6. The predicted molar refractivity (Wildman–Crippen MR) is 90.0 cm³/mol.